The van der Waals surface area contributed by atoms with Crippen LogP contribution >= 0.6 is 0 Å². The van der Waals surface area contributed by atoms with Crippen molar-refractivity contribution in [3.8, 4) is 5.75 Å². The van der Waals surface area contributed by atoms with Crippen molar-refractivity contribution in [3.05, 3.63) is 64.2 Å². The van der Waals surface area contributed by atoms with Gasteiger partial charge in [0.2, 0.25) is 11.8 Å². The summed E-state index contributed by atoms with van der Waals surface area (Å²) in [5.74, 6) is -0.102. The highest BCUT2D eigenvalue weighted by Gasteiger charge is 2.27. The second kappa shape index (κ2) is 13.1. The Labute approximate surface area is 223 Å². The number of phenols is 1. The normalized spacial score (nSPS) is 12.8. The van der Waals surface area contributed by atoms with Crippen LogP contribution in [-0.4, -0.2) is 36.7 Å². The topological polar surface area (TPSA) is 87.7 Å². The molecular formula is C31H46N2O4. The summed E-state index contributed by atoms with van der Waals surface area (Å²) in [6, 6.07) is 10.9. The number of aromatic hydroxyl groups is 1. The van der Waals surface area contributed by atoms with E-state index in [0.717, 1.165) is 27.8 Å². The molecule has 6 nitrogen and oxygen atoms in total. The van der Waals surface area contributed by atoms with Crippen LogP contribution in [-0.2, 0) is 31.6 Å². The average Bonchev–Trinajstić information content (AvgIpc) is 2.80. The van der Waals surface area contributed by atoms with Crippen LogP contribution in [0.25, 0.3) is 0 Å². The Bertz CT molecular complexity index is 1010. The van der Waals surface area contributed by atoms with E-state index in [1.54, 1.807) is 0 Å². The van der Waals surface area contributed by atoms with Gasteiger partial charge in [-0.3, -0.25) is 9.59 Å². The highest BCUT2D eigenvalue weighted by atomic mass is 16.5. The Balaban J connectivity index is 2.18. The van der Waals surface area contributed by atoms with E-state index in [1.165, 1.54) is 0 Å². The molecule has 37 heavy (non-hydrogen) atoms. The molecule has 0 heterocycles. The van der Waals surface area contributed by atoms with Gasteiger partial charge in [0.05, 0.1) is 0 Å². The lowest BCUT2D eigenvalue weighted by molar-refractivity contribution is -0.129. The largest absolute Gasteiger partial charge is 0.507 e. The summed E-state index contributed by atoms with van der Waals surface area (Å²) in [6.07, 6.45) is 1.45. The van der Waals surface area contributed by atoms with E-state index in [2.05, 4.69) is 52.2 Å². The molecule has 0 aliphatic heterocycles. The number of rotatable bonds is 11. The van der Waals surface area contributed by atoms with Gasteiger partial charge in [0.1, 0.15) is 11.8 Å². The first-order valence-electron chi connectivity index (χ1n) is 13.3. The predicted octanol–water partition coefficient (Wildman–Crippen LogP) is 5.63. The van der Waals surface area contributed by atoms with Gasteiger partial charge >= 0.3 is 0 Å². The zero-order valence-corrected chi connectivity index (χ0v) is 24.0. The minimum atomic E-state index is -0.768. The molecule has 0 aliphatic rings. The number of aryl methyl sites for hydroxylation is 2. The third kappa shape index (κ3) is 9.19. The van der Waals surface area contributed by atoms with Crippen LogP contribution in [0.3, 0.4) is 0 Å². The van der Waals surface area contributed by atoms with Gasteiger partial charge in [-0.15, -0.1) is 0 Å². The zero-order valence-electron chi connectivity index (χ0n) is 24.0. The first-order valence-corrected chi connectivity index (χ1v) is 13.3. The highest BCUT2D eigenvalue weighted by molar-refractivity contribution is 5.88. The van der Waals surface area contributed by atoms with Gasteiger partial charge in [-0.1, -0.05) is 83.5 Å². The molecule has 0 fully saturated rings. The Morgan fingerprint density at radius 3 is 2.05 bits per heavy atom. The van der Waals surface area contributed by atoms with Gasteiger partial charge in [-0.2, -0.15) is 0 Å². The molecule has 0 aromatic heterocycles. The third-order valence-corrected chi connectivity index (χ3v) is 6.37. The number of amides is 2. The van der Waals surface area contributed by atoms with Crippen molar-refractivity contribution in [1.29, 1.82) is 0 Å². The molecule has 6 heteroatoms. The molecular weight excluding hydrogens is 464 g/mol. The lowest BCUT2D eigenvalue weighted by Gasteiger charge is -2.28. The Kier molecular flexibility index (Phi) is 10.7. The molecule has 2 amide bonds. The van der Waals surface area contributed by atoms with E-state index < -0.39 is 6.04 Å². The molecule has 0 aliphatic carbocycles. The molecule has 2 aromatic rings. The number of carbonyl (C=O) groups excluding carboxylic acids is 2. The van der Waals surface area contributed by atoms with Crippen LogP contribution in [0, 0.1) is 6.92 Å². The fraction of sp³-hybridized carbons (Fsp3) is 0.548. The molecule has 2 aromatic carbocycles. The second-order valence-electron chi connectivity index (χ2n) is 11.8. The summed E-state index contributed by atoms with van der Waals surface area (Å²) < 4.78 is 5.34. The van der Waals surface area contributed by atoms with E-state index in [1.807, 2.05) is 50.2 Å². The number of carbonyl (C=O) groups is 2. The predicted molar refractivity (Wildman–Crippen MR) is 150 cm³/mol. The van der Waals surface area contributed by atoms with Gasteiger partial charge in [0, 0.05) is 26.2 Å². The Morgan fingerprint density at radius 1 is 0.973 bits per heavy atom. The van der Waals surface area contributed by atoms with E-state index >= 15 is 0 Å². The van der Waals surface area contributed by atoms with E-state index in [4.69, 9.17) is 4.74 Å². The fourth-order valence-corrected chi connectivity index (χ4v) is 4.16. The number of ether oxygens (including phenoxy) is 1. The van der Waals surface area contributed by atoms with Crippen molar-refractivity contribution >= 4 is 11.8 Å². The highest BCUT2D eigenvalue weighted by Crippen LogP contribution is 2.40. The lowest BCUT2D eigenvalue weighted by Crippen LogP contribution is -2.41. The van der Waals surface area contributed by atoms with Crippen molar-refractivity contribution in [2.75, 3.05) is 19.8 Å². The lowest BCUT2D eigenvalue weighted by atomic mass is 9.78. The molecule has 1 atom stereocenters. The first-order chi connectivity index (χ1) is 17.2. The van der Waals surface area contributed by atoms with Crippen molar-refractivity contribution in [1.82, 2.24) is 10.6 Å². The minimum absolute atomic E-state index is 0.197. The standard InChI is InChI=1S/C31H46N2O4/c1-9-37-18-10-17-32-29(36)27(23-14-11-21(2)12-15-23)33-26(34)16-13-22-19-24(30(3,4)5)28(35)25(20-22)31(6,7)8/h11-12,14-15,19-20,27,35H,9-10,13,16-18H2,1-8H3,(H,32,36)(H,33,34). The van der Waals surface area contributed by atoms with E-state index in [0.29, 0.717) is 38.3 Å². The van der Waals surface area contributed by atoms with Gasteiger partial charge in [0.25, 0.3) is 0 Å². The quantitative estimate of drug-likeness (QED) is 0.342. The zero-order chi connectivity index (χ0) is 27.8. The van der Waals surface area contributed by atoms with Gasteiger partial charge < -0.3 is 20.5 Å². The number of benzene rings is 2. The molecule has 0 saturated heterocycles. The summed E-state index contributed by atoms with van der Waals surface area (Å²) in [4.78, 5) is 26.1. The molecule has 1 unspecified atom stereocenters. The second-order valence-corrected chi connectivity index (χ2v) is 11.8. The van der Waals surface area contributed by atoms with E-state index in [9.17, 15) is 14.7 Å². The molecule has 3 N–H and O–H groups in total. The number of nitrogens with one attached hydrogen (secondary N) is 2. The Hall–Kier alpha value is -2.86. The summed E-state index contributed by atoms with van der Waals surface area (Å²) in [5.41, 5.74) is 4.10. The minimum Gasteiger partial charge on any atom is -0.507 e. The van der Waals surface area contributed by atoms with Crippen LogP contribution < -0.4 is 10.6 Å². The molecule has 0 saturated carbocycles. The summed E-state index contributed by atoms with van der Waals surface area (Å²) >= 11 is 0. The maximum atomic E-state index is 13.1. The molecule has 2 rings (SSSR count). The maximum absolute atomic E-state index is 13.1. The van der Waals surface area contributed by atoms with Crippen LogP contribution in [0.1, 0.15) is 95.2 Å². The van der Waals surface area contributed by atoms with Crippen molar-refractivity contribution in [3.63, 3.8) is 0 Å². The average molecular weight is 511 g/mol. The monoisotopic (exact) mass is 510 g/mol. The first kappa shape index (κ1) is 30.4. The third-order valence-electron chi connectivity index (χ3n) is 6.37. The molecule has 0 bridgehead atoms. The fourth-order valence-electron chi connectivity index (χ4n) is 4.16. The summed E-state index contributed by atoms with van der Waals surface area (Å²) in [6.45, 7) is 18.1. The molecule has 0 spiro atoms. The molecule has 0 radical (unpaired) electrons. The number of phenolic OH excluding ortho intramolecular Hbond substituents is 1. The SMILES string of the molecule is CCOCCCNC(=O)C(NC(=O)CCc1cc(C(C)(C)C)c(O)c(C(C)(C)C)c1)c1ccc(C)cc1. The van der Waals surface area contributed by atoms with Crippen LogP contribution in [0.5, 0.6) is 5.75 Å². The van der Waals surface area contributed by atoms with E-state index in [-0.39, 0.29) is 29.1 Å². The van der Waals surface area contributed by atoms with Crippen molar-refractivity contribution < 1.29 is 19.4 Å². The molecule has 204 valence electrons. The Morgan fingerprint density at radius 2 is 1.54 bits per heavy atom. The smallest absolute Gasteiger partial charge is 0.247 e. The maximum Gasteiger partial charge on any atom is 0.247 e. The van der Waals surface area contributed by atoms with Crippen LogP contribution in [0.15, 0.2) is 36.4 Å². The van der Waals surface area contributed by atoms with Crippen molar-refractivity contribution in [2.24, 2.45) is 0 Å². The van der Waals surface area contributed by atoms with Gasteiger partial charge in [-0.25, -0.2) is 0 Å². The summed E-state index contributed by atoms with van der Waals surface area (Å²) in [5, 5.41) is 16.8. The van der Waals surface area contributed by atoms with Crippen LogP contribution in [0.2, 0.25) is 0 Å². The number of hydrogen-bond donors (Lipinski definition) is 3. The summed E-state index contributed by atoms with van der Waals surface area (Å²) in [7, 11) is 0. The van der Waals surface area contributed by atoms with Crippen molar-refractivity contribution in [2.45, 2.75) is 91.5 Å². The van der Waals surface area contributed by atoms with Crippen LogP contribution in [0.4, 0.5) is 0 Å². The number of hydrogen-bond acceptors (Lipinski definition) is 4. The van der Waals surface area contributed by atoms with Gasteiger partial charge in [-0.05, 0) is 59.8 Å². The van der Waals surface area contributed by atoms with Gasteiger partial charge in [0.15, 0.2) is 0 Å².